The fourth-order valence-corrected chi connectivity index (χ4v) is 0.580. The van der Waals surface area contributed by atoms with Crippen LogP contribution < -0.4 is 0 Å². The Morgan fingerprint density at radius 3 is 2.67 bits per heavy atom. The van der Waals surface area contributed by atoms with E-state index in [-0.39, 0.29) is 0 Å². The smallest absolute Gasteiger partial charge is 0.142 e. The first-order valence-electron chi connectivity index (χ1n) is 1.60. The third-order valence-corrected chi connectivity index (χ3v) is 1.15. The molecule has 1 aliphatic heterocycles. The monoisotopic (exact) mass is 194 g/mol. The lowest BCUT2D eigenvalue weighted by Crippen LogP contribution is -1.74. The molecule has 0 amide bonds. The minimum Gasteiger partial charge on any atom is -0.171 e. The molecule has 0 bridgehead atoms. The van der Waals surface area contributed by atoms with E-state index in [4.69, 9.17) is 0 Å². The van der Waals surface area contributed by atoms with Crippen molar-refractivity contribution in [3.05, 3.63) is 12.3 Å². The van der Waals surface area contributed by atoms with Crippen molar-refractivity contribution < 1.29 is 0 Å². The molecular weight excluding hydrogens is 191 g/mol. The molecule has 0 radical (unpaired) electrons. The van der Waals surface area contributed by atoms with Gasteiger partial charge in [-0.05, 0) is 28.7 Å². The Hall–Kier alpha value is 0.0700. The highest BCUT2D eigenvalue weighted by molar-refractivity contribution is 14.1. The van der Waals surface area contributed by atoms with Crippen LogP contribution in [0.3, 0.4) is 0 Å². The number of alkyl halides is 1. The van der Waals surface area contributed by atoms with Crippen molar-refractivity contribution in [3.63, 3.8) is 0 Å². The van der Waals surface area contributed by atoms with E-state index in [2.05, 4.69) is 32.8 Å². The quantitative estimate of drug-likeness (QED) is 0.318. The largest absolute Gasteiger partial charge is 0.171 e. The van der Waals surface area contributed by atoms with Crippen molar-refractivity contribution in [2.75, 3.05) is 0 Å². The lowest BCUT2D eigenvalue weighted by atomic mass is 10.7. The minimum absolute atomic E-state index is 0.294. The minimum atomic E-state index is 0.294. The summed E-state index contributed by atoms with van der Waals surface area (Å²) in [6.07, 6.45) is 3.64. The molecule has 0 fully saturated rings. The first kappa shape index (κ1) is 4.23. The molecule has 0 aromatic carbocycles. The zero-order valence-electron chi connectivity index (χ0n) is 3.00. The summed E-state index contributed by atoms with van der Waals surface area (Å²) in [6.45, 7) is 0. The predicted octanol–water partition coefficient (Wildman–Crippen LogP) is 1.73. The number of nitrogens with zero attached hydrogens (tertiary/aromatic N) is 2. The van der Waals surface area contributed by atoms with Crippen LogP contribution in [-0.2, 0) is 0 Å². The molecular formula is C3H3IN2. The van der Waals surface area contributed by atoms with Crippen molar-refractivity contribution in [2.24, 2.45) is 10.2 Å². The Bertz CT molecular complexity index is 85.0. The van der Waals surface area contributed by atoms with Crippen molar-refractivity contribution in [3.8, 4) is 0 Å². The van der Waals surface area contributed by atoms with Gasteiger partial charge in [0.2, 0.25) is 0 Å². The number of hydrogen-bond acceptors (Lipinski definition) is 2. The van der Waals surface area contributed by atoms with Crippen LogP contribution in [-0.4, -0.2) is 4.05 Å². The number of halogens is 1. The summed E-state index contributed by atoms with van der Waals surface area (Å²) < 4.78 is 0.294. The summed E-state index contributed by atoms with van der Waals surface area (Å²) in [6, 6.07) is 0. The highest BCUT2D eigenvalue weighted by Gasteiger charge is 1.95. The van der Waals surface area contributed by atoms with Gasteiger partial charge in [-0.2, -0.15) is 10.2 Å². The molecule has 1 aliphatic rings. The summed E-state index contributed by atoms with van der Waals surface area (Å²) in [7, 11) is 0. The SMILES string of the molecule is IC1C=CN=N1. The molecule has 6 heavy (non-hydrogen) atoms. The Morgan fingerprint density at radius 2 is 2.50 bits per heavy atom. The molecule has 0 aromatic rings. The zero-order chi connectivity index (χ0) is 4.41. The Kier molecular flexibility index (Phi) is 1.19. The van der Waals surface area contributed by atoms with Crippen LogP contribution in [0, 0.1) is 0 Å². The van der Waals surface area contributed by atoms with Crippen LogP contribution in [0.4, 0.5) is 0 Å². The van der Waals surface area contributed by atoms with E-state index in [9.17, 15) is 0 Å². The molecule has 0 spiro atoms. The van der Waals surface area contributed by atoms with Crippen molar-refractivity contribution >= 4 is 22.6 Å². The molecule has 0 aromatic heterocycles. The van der Waals surface area contributed by atoms with Gasteiger partial charge in [-0.15, -0.1) is 0 Å². The molecule has 0 saturated heterocycles. The van der Waals surface area contributed by atoms with E-state index >= 15 is 0 Å². The van der Waals surface area contributed by atoms with Gasteiger partial charge in [0.1, 0.15) is 4.05 Å². The lowest BCUT2D eigenvalue weighted by Gasteiger charge is -1.78. The topological polar surface area (TPSA) is 24.7 Å². The lowest BCUT2D eigenvalue weighted by molar-refractivity contribution is 1.11. The average molecular weight is 194 g/mol. The molecule has 1 rings (SSSR count). The third-order valence-electron chi connectivity index (χ3n) is 0.489. The van der Waals surface area contributed by atoms with Crippen molar-refractivity contribution in [2.45, 2.75) is 4.05 Å². The standard InChI is InChI=1S/C3H3IN2/c4-3-1-2-5-6-3/h1-3H. The van der Waals surface area contributed by atoms with Gasteiger partial charge in [0.25, 0.3) is 0 Å². The van der Waals surface area contributed by atoms with Crippen molar-refractivity contribution in [1.82, 2.24) is 0 Å². The summed E-state index contributed by atoms with van der Waals surface area (Å²) in [5, 5.41) is 7.34. The normalized spacial score (nSPS) is 29.2. The summed E-state index contributed by atoms with van der Waals surface area (Å²) >= 11 is 2.18. The van der Waals surface area contributed by atoms with E-state index < -0.39 is 0 Å². The zero-order valence-corrected chi connectivity index (χ0v) is 5.16. The van der Waals surface area contributed by atoms with E-state index in [0.29, 0.717) is 4.05 Å². The second kappa shape index (κ2) is 1.68. The van der Waals surface area contributed by atoms with Gasteiger partial charge in [-0.1, -0.05) is 0 Å². The van der Waals surface area contributed by atoms with Gasteiger partial charge in [-0.25, -0.2) is 0 Å². The van der Waals surface area contributed by atoms with Crippen LogP contribution in [0.5, 0.6) is 0 Å². The molecule has 0 saturated carbocycles. The molecule has 3 heteroatoms. The fourth-order valence-electron chi connectivity index (χ4n) is 0.250. The van der Waals surface area contributed by atoms with E-state index in [1.165, 1.54) is 0 Å². The molecule has 1 unspecified atom stereocenters. The van der Waals surface area contributed by atoms with Gasteiger partial charge in [0.05, 0.1) is 0 Å². The van der Waals surface area contributed by atoms with Crippen LogP contribution in [0.15, 0.2) is 22.5 Å². The summed E-state index contributed by atoms with van der Waals surface area (Å²) in [5.74, 6) is 0. The maximum absolute atomic E-state index is 3.74. The maximum atomic E-state index is 3.74. The van der Waals surface area contributed by atoms with Gasteiger partial charge < -0.3 is 0 Å². The first-order chi connectivity index (χ1) is 2.89. The van der Waals surface area contributed by atoms with Crippen LogP contribution >= 0.6 is 22.6 Å². The van der Waals surface area contributed by atoms with Crippen LogP contribution in [0.25, 0.3) is 0 Å². The van der Waals surface area contributed by atoms with Gasteiger partial charge >= 0.3 is 0 Å². The summed E-state index contributed by atoms with van der Waals surface area (Å²) in [5.41, 5.74) is 0. The van der Waals surface area contributed by atoms with E-state index in [1.807, 2.05) is 6.08 Å². The maximum Gasteiger partial charge on any atom is 0.142 e. The van der Waals surface area contributed by atoms with Crippen molar-refractivity contribution in [1.29, 1.82) is 0 Å². The van der Waals surface area contributed by atoms with Gasteiger partial charge in [0, 0.05) is 6.20 Å². The fraction of sp³-hybridized carbons (Fsp3) is 0.333. The molecule has 2 nitrogen and oxygen atoms in total. The second-order valence-electron chi connectivity index (χ2n) is 0.945. The molecule has 0 aliphatic carbocycles. The third kappa shape index (κ3) is 0.767. The summed E-state index contributed by atoms with van der Waals surface area (Å²) in [4.78, 5) is 0. The number of azo groups is 1. The highest BCUT2D eigenvalue weighted by atomic mass is 127. The van der Waals surface area contributed by atoms with Gasteiger partial charge in [-0.3, -0.25) is 0 Å². The number of hydrogen-bond donors (Lipinski definition) is 0. The van der Waals surface area contributed by atoms with E-state index in [0.717, 1.165) is 0 Å². The van der Waals surface area contributed by atoms with Crippen LogP contribution in [0.2, 0.25) is 0 Å². The molecule has 1 atom stereocenters. The number of rotatable bonds is 0. The van der Waals surface area contributed by atoms with Gasteiger partial charge in [0.15, 0.2) is 0 Å². The average Bonchev–Trinajstić information content (AvgIpc) is 1.86. The highest BCUT2D eigenvalue weighted by Crippen LogP contribution is 2.09. The Labute approximate surface area is 49.5 Å². The first-order valence-corrected chi connectivity index (χ1v) is 2.85. The Balaban J connectivity index is 2.60. The molecule has 32 valence electrons. The second-order valence-corrected chi connectivity index (χ2v) is 2.22. The predicted molar refractivity (Wildman–Crippen MR) is 31.8 cm³/mol. The van der Waals surface area contributed by atoms with E-state index in [1.54, 1.807) is 6.20 Å². The van der Waals surface area contributed by atoms with Crippen LogP contribution in [0.1, 0.15) is 0 Å². The molecule has 0 N–H and O–H groups in total. The Morgan fingerprint density at radius 1 is 1.67 bits per heavy atom. The molecule has 1 heterocycles.